The number of nitrogens with zero attached hydrogens (tertiary/aromatic N) is 1. The molecule has 2 amide bonds. The zero-order valence-corrected chi connectivity index (χ0v) is 18.0. The van der Waals surface area contributed by atoms with Crippen molar-refractivity contribution in [2.45, 2.75) is 29.7 Å². The molecule has 0 aliphatic carbocycles. The quantitative estimate of drug-likeness (QED) is 0.672. The van der Waals surface area contributed by atoms with Crippen molar-refractivity contribution < 1.29 is 22.4 Å². The molecule has 2 rings (SSSR count). The first-order valence-electron chi connectivity index (χ1n) is 8.62. The fraction of sp³-hybridized carbons (Fsp3) is 0.263. The minimum atomic E-state index is -3.86. The van der Waals surface area contributed by atoms with E-state index in [4.69, 9.17) is 0 Å². The number of carbonyl (C=O) groups excluding carboxylic acids is 2. The van der Waals surface area contributed by atoms with Gasteiger partial charge in [-0.15, -0.1) is 0 Å². The third-order valence-corrected chi connectivity index (χ3v) is 6.27. The third kappa shape index (κ3) is 6.28. The Morgan fingerprint density at radius 2 is 1.69 bits per heavy atom. The second kappa shape index (κ2) is 9.38. The number of hydrogen-bond donors (Lipinski definition) is 2. The zero-order chi connectivity index (χ0) is 21.8. The van der Waals surface area contributed by atoms with Gasteiger partial charge in [-0.2, -0.15) is 0 Å². The van der Waals surface area contributed by atoms with Crippen molar-refractivity contribution in [3.63, 3.8) is 0 Å². The first-order chi connectivity index (χ1) is 13.5. The van der Waals surface area contributed by atoms with E-state index in [1.54, 1.807) is 52.2 Å². The Hall–Kier alpha value is -2.43. The van der Waals surface area contributed by atoms with Gasteiger partial charge >= 0.3 is 0 Å². The predicted octanol–water partition coefficient (Wildman–Crippen LogP) is 3.54. The molecule has 0 saturated carbocycles. The SMILES string of the molecule is CC(C)NS(=O)(=O)c1ccc(F)c(C(=O)Nc2ccc(SC(=O)N(C)C)cc2)c1. The summed E-state index contributed by atoms with van der Waals surface area (Å²) in [6.45, 7) is 3.31. The topological polar surface area (TPSA) is 95.6 Å². The van der Waals surface area contributed by atoms with Gasteiger partial charge in [0.2, 0.25) is 10.0 Å². The smallest absolute Gasteiger partial charge is 0.285 e. The lowest BCUT2D eigenvalue weighted by molar-refractivity contribution is 0.102. The Balaban J connectivity index is 2.18. The van der Waals surface area contributed by atoms with Crippen LogP contribution in [0, 0.1) is 5.82 Å². The van der Waals surface area contributed by atoms with Gasteiger partial charge in [0.1, 0.15) is 5.82 Å². The number of rotatable bonds is 6. The molecule has 0 saturated heterocycles. The molecule has 0 radical (unpaired) electrons. The maximum atomic E-state index is 14.1. The molecule has 2 N–H and O–H groups in total. The summed E-state index contributed by atoms with van der Waals surface area (Å²) < 4.78 is 41.0. The zero-order valence-electron chi connectivity index (χ0n) is 16.4. The van der Waals surface area contributed by atoms with Crippen LogP contribution in [0.3, 0.4) is 0 Å². The van der Waals surface area contributed by atoms with Crippen LogP contribution in [0.1, 0.15) is 24.2 Å². The van der Waals surface area contributed by atoms with Gasteiger partial charge in [-0.25, -0.2) is 17.5 Å². The van der Waals surface area contributed by atoms with E-state index in [0.29, 0.717) is 10.6 Å². The molecule has 0 unspecified atom stereocenters. The molecule has 0 bridgehead atoms. The average Bonchev–Trinajstić information content (AvgIpc) is 2.62. The number of halogens is 1. The van der Waals surface area contributed by atoms with Gasteiger partial charge in [-0.1, -0.05) is 0 Å². The highest BCUT2D eigenvalue weighted by molar-refractivity contribution is 8.13. The number of benzene rings is 2. The number of hydrogen-bond acceptors (Lipinski definition) is 5. The van der Waals surface area contributed by atoms with Crippen molar-refractivity contribution in [3.05, 3.63) is 53.8 Å². The molecule has 2 aromatic rings. The van der Waals surface area contributed by atoms with E-state index >= 15 is 0 Å². The molecule has 0 spiro atoms. The average molecular weight is 440 g/mol. The molecule has 156 valence electrons. The van der Waals surface area contributed by atoms with E-state index in [2.05, 4.69) is 10.0 Å². The summed E-state index contributed by atoms with van der Waals surface area (Å²) in [7, 11) is -0.580. The fourth-order valence-corrected chi connectivity index (χ4v) is 4.15. The van der Waals surface area contributed by atoms with Gasteiger partial charge in [0.05, 0.1) is 10.5 Å². The highest BCUT2D eigenvalue weighted by Crippen LogP contribution is 2.23. The van der Waals surface area contributed by atoms with Gasteiger partial charge in [0.25, 0.3) is 11.1 Å². The summed E-state index contributed by atoms with van der Waals surface area (Å²) in [6.07, 6.45) is 0. The molecular weight excluding hydrogens is 417 g/mol. The van der Waals surface area contributed by atoms with E-state index < -0.39 is 27.3 Å². The molecule has 0 aliphatic rings. The lowest BCUT2D eigenvalue weighted by Gasteiger charge is -2.12. The van der Waals surface area contributed by atoms with Crippen molar-refractivity contribution >= 4 is 38.6 Å². The number of sulfonamides is 1. The molecule has 0 aliphatic heterocycles. The maximum Gasteiger partial charge on any atom is 0.285 e. The van der Waals surface area contributed by atoms with Crippen LogP contribution in [-0.4, -0.2) is 44.6 Å². The highest BCUT2D eigenvalue weighted by Gasteiger charge is 2.20. The predicted molar refractivity (Wildman–Crippen MR) is 111 cm³/mol. The minimum absolute atomic E-state index is 0.142. The Labute approximate surface area is 173 Å². The molecule has 2 aromatic carbocycles. The highest BCUT2D eigenvalue weighted by atomic mass is 32.2. The normalized spacial score (nSPS) is 11.4. The molecular formula is C19H22FN3O4S2. The summed E-state index contributed by atoms with van der Waals surface area (Å²) in [4.78, 5) is 26.1. The second-order valence-corrected chi connectivity index (χ2v) is 9.40. The third-order valence-electron chi connectivity index (χ3n) is 3.57. The van der Waals surface area contributed by atoms with Crippen LogP contribution in [0.4, 0.5) is 14.9 Å². The van der Waals surface area contributed by atoms with Crippen LogP contribution >= 0.6 is 11.8 Å². The van der Waals surface area contributed by atoms with Crippen molar-refractivity contribution in [3.8, 4) is 0 Å². The Bertz CT molecular complexity index is 1010. The van der Waals surface area contributed by atoms with Gasteiger partial charge < -0.3 is 10.2 Å². The summed E-state index contributed by atoms with van der Waals surface area (Å²) >= 11 is 1.03. The largest absolute Gasteiger partial charge is 0.339 e. The Morgan fingerprint density at radius 1 is 1.07 bits per heavy atom. The van der Waals surface area contributed by atoms with E-state index in [0.717, 1.165) is 30.0 Å². The number of thioether (sulfide) groups is 1. The van der Waals surface area contributed by atoms with Crippen LogP contribution in [0.2, 0.25) is 0 Å². The van der Waals surface area contributed by atoms with Gasteiger partial charge in [0.15, 0.2) is 0 Å². The Kier molecular flexibility index (Phi) is 7.39. The first kappa shape index (κ1) is 22.9. The molecule has 0 aromatic heterocycles. The van der Waals surface area contributed by atoms with Gasteiger partial charge in [-0.3, -0.25) is 9.59 Å². The maximum absolute atomic E-state index is 14.1. The number of anilines is 1. The molecule has 0 atom stereocenters. The molecule has 10 heteroatoms. The molecule has 0 heterocycles. The van der Waals surface area contributed by atoms with Crippen LogP contribution in [0.25, 0.3) is 0 Å². The van der Waals surface area contributed by atoms with E-state index in [9.17, 15) is 22.4 Å². The lowest BCUT2D eigenvalue weighted by Crippen LogP contribution is -2.30. The molecule has 7 nitrogen and oxygen atoms in total. The summed E-state index contributed by atoms with van der Waals surface area (Å²) in [5, 5.41) is 2.38. The van der Waals surface area contributed by atoms with Crippen molar-refractivity contribution in [2.24, 2.45) is 0 Å². The first-order valence-corrected chi connectivity index (χ1v) is 10.9. The monoisotopic (exact) mass is 439 g/mol. The summed E-state index contributed by atoms with van der Waals surface area (Å²) in [5.74, 6) is -1.62. The Morgan fingerprint density at radius 3 is 2.24 bits per heavy atom. The lowest BCUT2D eigenvalue weighted by atomic mass is 10.2. The fourth-order valence-electron chi connectivity index (χ4n) is 2.22. The molecule has 29 heavy (non-hydrogen) atoms. The molecule has 0 fully saturated rings. The van der Waals surface area contributed by atoms with Crippen molar-refractivity contribution in [2.75, 3.05) is 19.4 Å². The van der Waals surface area contributed by atoms with Crippen LogP contribution in [0.5, 0.6) is 0 Å². The number of nitrogens with one attached hydrogen (secondary N) is 2. The van der Waals surface area contributed by atoms with Gasteiger partial charge in [-0.05, 0) is 68.1 Å². The minimum Gasteiger partial charge on any atom is -0.339 e. The van der Waals surface area contributed by atoms with Crippen LogP contribution in [-0.2, 0) is 10.0 Å². The summed E-state index contributed by atoms with van der Waals surface area (Å²) in [6, 6.07) is 9.12. The van der Waals surface area contributed by atoms with Crippen LogP contribution in [0.15, 0.2) is 52.3 Å². The number of carbonyl (C=O) groups is 2. The van der Waals surface area contributed by atoms with E-state index in [-0.39, 0.29) is 16.2 Å². The van der Waals surface area contributed by atoms with Crippen molar-refractivity contribution in [1.29, 1.82) is 0 Å². The standard InChI is InChI=1S/C19H22FN3O4S2/c1-12(2)22-29(26,27)15-9-10-17(20)16(11-15)18(24)21-13-5-7-14(8-6-13)28-19(25)23(3)4/h5-12,22H,1-4H3,(H,21,24). The second-order valence-electron chi connectivity index (χ2n) is 6.66. The van der Waals surface area contributed by atoms with Gasteiger partial charge in [0, 0.05) is 30.7 Å². The number of amides is 2. The summed E-state index contributed by atoms with van der Waals surface area (Å²) in [5.41, 5.74) is -0.0116. The van der Waals surface area contributed by atoms with E-state index in [1.165, 1.54) is 4.90 Å². The van der Waals surface area contributed by atoms with E-state index in [1.807, 2.05) is 0 Å². The van der Waals surface area contributed by atoms with Crippen LogP contribution < -0.4 is 10.0 Å². The van der Waals surface area contributed by atoms with Crippen molar-refractivity contribution in [1.82, 2.24) is 9.62 Å².